The highest BCUT2D eigenvalue weighted by Gasteiger charge is 2.11. The molecule has 0 saturated carbocycles. The zero-order chi connectivity index (χ0) is 29.8. The Kier molecular flexibility index (Phi) is 25.3. The van der Waals surface area contributed by atoms with Crippen LogP contribution in [0.2, 0.25) is 0 Å². The molecule has 0 rings (SSSR count). The number of carbonyl (C=O) groups excluding carboxylic acids is 1. The summed E-state index contributed by atoms with van der Waals surface area (Å²) in [6, 6.07) is 0. The molecule has 40 heavy (non-hydrogen) atoms. The van der Waals surface area contributed by atoms with Crippen molar-refractivity contribution >= 4 is 5.97 Å². The molecule has 0 radical (unpaired) electrons. The van der Waals surface area contributed by atoms with Gasteiger partial charge in [-0.3, -0.25) is 4.79 Å². The van der Waals surface area contributed by atoms with Gasteiger partial charge in [0, 0.05) is 12.8 Å². The molecule has 0 bridgehead atoms. The second-order valence-electron chi connectivity index (χ2n) is 11.6. The van der Waals surface area contributed by atoms with E-state index in [4.69, 9.17) is 4.74 Å². The lowest BCUT2D eigenvalue weighted by Crippen LogP contribution is -2.16. The van der Waals surface area contributed by atoms with E-state index in [0.29, 0.717) is 6.42 Å². The van der Waals surface area contributed by atoms with Gasteiger partial charge in [0.25, 0.3) is 0 Å². The molecule has 1 unspecified atom stereocenters. The van der Waals surface area contributed by atoms with E-state index in [1.807, 2.05) is 0 Å². The van der Waals surface area contributed by atoms with Crippen molar-refractivity contribution in [3.63, 3.8) is 0 Å². The summed E-state index contributed by atoms with van der Waals surface area (Å²) in [6.07, 6.45) is 37.7. The maximum absolute atomic E-state index is 12.6. The van der Waals surface area contributed by atoms with Gasteiger partial charge in [-0.05, 0) is 118 Å². The predicted octanol–water partition coefficient (Wildman–Crippen LogP) is 12.3. The van der Waals surface area contributed by atoms with E-state index in [9.17, 15) is 4.79 Å². The molecule has 0 aliphatic rings. The number of hydrogen-bond acceptors (Lipinski definition) is 2. The molecular weight excluding hydrogens is 488 g/mol. The van der Waals surface area contributed by atoms with Gasteiger partial charge >= 0.3 is 5.97 Å². The monoisotopic (exact) mass is 550 g/mol. The minimum atomic E-state index is -0.185. The Labute approximate surface area is 249 Å². The molecular formula is C38H62O2. The number of rotatable bonds is 23. The number of unbranched alkanes of at least 4 members (excludes halogenated alkanes) is 5. The molecule has 0 saturated heterocycles. The second kappa shape index (κ2) is 26.9. The first-order valence-electron chi connectivity index (χ1n) is 16.0. The van der Waals surface area contributed by atoms with Crippen molar-refractivity contribution in [3.05, 3.63) is 83.1 Å². The van der Waals surface area contributed by atoms with E-state index in [-0.39, 0.29) is 12.1 Å². The van der Waals surface area contributed by atoms with Crippen LogP contribution in [-0.4, -0.2) is 12.1 Å². The Morgan fingerprint density at radius 3 is 1.68 bits per heavy atom. The lowest BCUT2D eigenvalue weighted by molar-refractivity contribution is -0.146. The van der Waals surface area contributed by atoms with Crippen LogP contribution in [0, 0.1) is 0 Å². The summed E-state index contributed by atoms with van der Waals surface area (Å²) < 4.78 is 5.94. The number of allylic oxidation sites excluding steroid dienone is 12. The first kappa shape index (κ1) is 37.6. The van der Waals surface area contributed by atoms with Crippen molar-refractivity contribution in [2.24, 2.45) is 0 Å². The van der Waals surface area contributed by atoms with E-state index >= 15 is 0 Å². The minimum Gasteiger partial charge on any atom is -0.458 e. The smallest absolute Gasteiger partial charge is 0.306 e. The number of esters is 1. The molecule has 0 aromatic rings. The molecule has 2 nitrogen and oxygen atoms in total. The summed E-state index contributed by atoms with van der Waals surface area (Å²) >= 11 is 0. The highest BCUT2D eigenvalue weighted by Crippen LogP contribution is 2.16. The lowest BCUT2D eigenvalue weighted by Gasteiger charge is -2.15. The minimum absolute atomic E-state index is 0.0800. The molecule has 226 valence electrons. The van der Waals surface area contributed by atoms with Gasteiger partial charge in [0.2, 0.25) is 0 Å². The molecule has 0 N–H and O–H groups in total. The molecule has 0 aliphatic heterocycles. The van der Waals surface area contributed by atoms with Crippen LogP contribution in [0.4, 0.5) is 0 Å². The molecule has 0 fully saturated rings. The van der Waals surface area contributed by atoms with Gasteiger partial charge in [0.1, 0.15) is 6.10 Å². The largest absolute Gasteiger partial charge is 0.458 e. The molecule has 0 aromatic heterocycles. The Bertz CT molecular complexity index is 852. The van der Waals surface area contributed by atoms with Crippen molar-refractivity contribution < 1.29 is 9.53 Å². The lowest BCUT2D eigenvalue weighted by atomic mass is 10.0. The van der Waals surface area contributed by atoms with Crippen LogP contribution in [0.5, 0.6) is 0 Å². The summed E-state index contributed by atoms with van der Waals surface area (Å²) in [5, 5.41) is 0. The highest BCUT2D eigenvalue weighted by atomic mass is 16.5. The molecule has 0 aliphatic carbocycles. The van der Waals surface area contributed by atoms with Crippen molar-refractivity contribution in [2.75, 3.05) is 0 Å². The molecule has 0 aromatic carbocycles. The second-order valence-corrected chi connectivity index (χ2v) is 11.6. The van der Waals surface area contributed by atoms with E-state index in [1.54, 1.807) is 0 Å². The number of hydrogen-bond donors (Lipinski definition) is 0. The van der Waals surface area contributed by atoms with Gasteiger partial charge in [-0.25, -0.2) is 0 Å². The van der Waals surface area contributed by atoms with Crippen molar-refractivity contribution in [1.82, 2.24) is 0 Å². The quantitative estimate of drug-likeness (QED) is 0.0718. The third-order valence-corrected chi connectivity index (χ3v) is 6.65. The first-order valence-corrected chi connectivity index (χ1v) is 16.0. The van der Waals surface area contributed by atoms with Gasteiger partial charge in [0.05, 0.1) is 0 Å². The number of carbonyl (C=O) groups is 1. The summed E-state index contributed by atoms with van der Waals surface area (Å²) in [7, 11) is 0. The highest BCUT2D eigenvalue weighted by molar-refractivity contribution is 5.69. The maximum atomic E-state index is 12.6. The van der Waals surface area contributed by atoms with Crippen LogP contribution in [0.1, 0.15) is 145 Å². The Hall–Kier alpha value is -2.35. The molecule has 0 amide bonds. The Morgan fingerprint density at radius 1 is 0.600 bits per heavy atom. The molecule has 0 heterocycles. The van der Waals surface area contributed by atoms with Crippen LogP contribution in [0.3, 0.4) is 0 Å². The Balaban J connectivity index is 4.51. The van der Waals surface area contributed by atoms with E-state index in [2.05, 4.69) is 109 Å². The third kappa shape index (κ3) is 27.2. The van der Waals surface area contributed by atoms with Crippen molar-refractivity contribution in [2.45, 2.75) is 151 Å². The summed E-state index contributed by atoms with van der Waals surface area (Å²) in [5.74, 6) is -0.0800. The normalized spacial score (nSPS) is 13.4. The van der Waals surface area contributed by atoms with Crippen molar-refractivity contribution in [1.29, 1.82) is 0 Å². The van der Waals surface area contributed by atoms with Crippen LogP contribution >= 0.6 is 0 Å². The van der Waals surface area contributed by atoms with Gasteiger partial charge in [-0.15, -0.1) is 0 Å². The zero-order valence-corrected chi connectivity index (χ0v) is 27.3. The summed E-state index contributed by atoms with van der Waals surface area (Å²) in [6.45, 7) is 15.1. The van der Waals surface area contributed by atoms with Gasteiger partial charge in [0.15, 0.2) is 0 Å². The average Bonchev–Trinajstić information content (AvgIpc) is 2.89. The van der Waals surface area contributed by atoms with Gasteiger partial charge < -0.3 is 4.74 Å². The topological polar surface area (TPSA) is 26.3 Å². The van der Waals surface area contributed by atoms with Crippen molar-refractivity contribution in [3.8, 4) is 0 Å². The molecule has 1 atom stereocenters. The van der Waals surface area contributed by atoms with E-state index in [0.717, 1.165) is 64.2 Å². The fourth-order valence-electron chi connectivity index (χ4n) is 4.20. The van der Waals surface area contributed by atoms with Crippen LogP contribution in [0.25, 0.3) is 0 Å². The van der Waals surface area contributed by atoms with Crippen LogP contribution in [0.15, 0.2) is 83.1 Å². The van der Waals surface area contributed by atoms with Crippen LogP contribution < -0.4 is 0 Å². The predicted molar refractivity (Wildman–Crippen MR) is 179 cm³/mol. The maximum Gasteiger partial charge on any atom is 0.306 e. The molecule has 2 heteroatoms. The number of ether oxygens (including phenoxy) is 1. The first-order chi connectivity index (χ1) is 19.2. The summed E-state index contributed by atoms with van der Waals surface area (Å²) in [4.78, 5) is 12.6. The standard InChI is InChI=1S/C38H62O2/c1-8-9-10-11-12-13-14-15-16-17-18-19-20-21-22-29-38(39)40-37(32-36(7)28-24-26-34(4)5)31-30-35(6)27-23-25-33(2)3/h12-13,15-16,18-19,25-26,30,32,37H,8-11,14,17,20-24,27-29,31H2,1-7H3. The third-order valence-electron chi connectivity index (χ3n) is 6.65. The van der Waals surface area contributed by atoms with Gasteiger partial charge in [-0.1, -0.05) is 96.7 Å². The van der Waals surface area contributed by atoms with Crippen LogP contribution in [-0.2, 0) is 9.53 Å². The fraction of sp³-hybridized carbons (Fsp3) is 0.605. The SMILES string of the molecule is CCCCCC=CCC=CCC=CCCCCC(=O)OC(C=C(C)CCC=C(C)C)CC=C(C)CCC=C(C)C. The zero-order valence-electron chi connectivity index (χ0n) is 27.3. The summed E-state index contributed by atoms with van der Waals surface area (Å²) in [5.41, 5.74) is 5.35. The van der Waals surface area contributed by atoms with E-state index < -0.39 is 0 Å². The Morgan fingerprint density at radius 2 is 1.12 bits per heavy atom. The fourth-order valence-corrected chi connectivity index (χ4v) is 4.20. The van der Waals surface area contributed by atoms with E-state index in [1.165, 1.54) is 48.0 Å². The average molecular weight is 551 g/mol. The van der Waals surface area contributed by atoms with Gasteiger partial charge in [-0.2, -0.15) is 0 Å². The molecule has 0 spiro atoms.